The molecule has 152 valence electrons. The molecular formula is C23H26N2O4. The van der Waals surface area contributed by atoms with Crippen molar-refractivity contribution >= 4 is 18.3 Å². The molecule has 0 radical (unpaired) electrons. The van der Waals surface area contributed by atoms with Gasteiger partial charge in [-0.1, -0.05) is 60.7 Å². The van der Waals surface area contributed by atoms with Crippen molar-refractivity contribution in [3.05, 3.63) is 71.8 Å². The van der Waals surface area contributed by atoms with Gasteiger partial charge in [-0.3, -0.25) is 14.4 Å². The summed E-state index contributed by atoms with van der Waals surface area (Å²) in [5.74, 6) is -0.667. The average molecular weight is 394 g/mol. The van der Waals surface area contributed by atoms with Crippen LogP contribution < -0.4 is 5.32 Å². The maximum atomic E-state index is 13.1. The molecule has 3 atom stereocenters. The van der Waals surface area contributed by atoms with E-state index in [9.17, 15) is 14.4 Å². The predicted octanol–water partition coefficient (Wildman–Crippen LogP) is 3.16. The Kier molecular flexibility index (Phi) is 7.00. The summed E-state index contributed by atoms with van der Waals surface area (Å²) in [4.78, 5) is 37.9. The average Bonchev–Trinajstić information content (AvgIpc) is 2.77. The Morgan fingerprint density at radius 3 is 2.24 bits per heavy atom. The molecule has 0 saturated carbocycles. The lowest BCUT2D eigenvalue weighted by molar-refractivity contribution is -0.150. The van der Waals surface area contributed by atoms with Crippen molar-refractivity contribution in [3.63, 3.8) is 0 Å². The summed E-state index contributed by atoms with van der Waals surface area (Å²) in [5.41, 5.74) is 1.61. The van der Waals surface area contributed by atoms with E-state index in [0.29, 0.717) is 13.0 Å². The van der Waals surface area contributed by atoms with Gasteiger partial charge in [0.1, 0.15) is 6.04 Å². The molecule has 6 heteroatoms. The maximum absolute atomic E-state index is 13.1. The van der Waals surface area contributed by atoms with E-state index in [1.54, 1.807) is 4.90 Å². The Labute approximate surface area is 170 Å². The number of ether oxygens (including phenoxy) is 1. The van der Waals surface area contributed by atoms with Crippen molar-refractivity contribution in [2.24, 2.45) is 0 Å². The molecule has 0 aliphatic carbocycles. The highest BCUT2D eigenvalue weighted by Gasteiger charge is 2.34. The lowest BCUT2D eigenvalue weighted by Crippen LogP contribution is -2.50. The smallest absolute Gasteiger partial charge is 0.303 e. The minimum atomic E-state index is -0.687. The van der Waals surface area contributed by atoms with Crippen LogP contribution in [-0.2, 0) is 19.1 Å². The number of hydrogen-bond acceptors (Lipinski definition) is 4. The predicted molar refractivity (Wildman–Crippen MR) is 109 cm³/mol. The summed E-state index contributed by atoms with van der Waals surface area (Å²) in [7, 11) is 0. The highest BCUT2D eigenvalue weighted by Crippen LogP contribution is 2.33. The highest BCUT2D eigenvalue weighted by molar-refractivity contribution is 5.84. The number of nitrogens with zero attached hydrogens (tertiary/aromatic N) is 1. The van der Waals surface area contributed by atoms with Crippen LogP contribution in [0.5, 0.6) is 0 Å². The molecule has 2 aromatic carbocycles. The van der Waals surface area contributed by atoms with Gasteiger partial charge in [0.15, 0.2) is 6.10 Å². The molecule has 1 aliphatic heterocycles. The molecule has 0 aromatic heterocycles. The Morgan fingerprint density at radius 2 is 1.66 bits per heavy atom. The summed E-state index contributed by atoms with van der Waals surface area (Å²) < 4.78 is 5.66. The van der Waals surface area contributed by atoms with E-state index < -0.39 is 24.2 Å². The van der Waals surface area contributed by atoms with Gasteiger partial charge < -0.3 is 15.0 Å². The molecule has 0 unspecified atom stereocenters. The lowest BCUT2D eigenvalue weighted by atomic mass is 9.94. The Bertz CT molecular complexity index is 825. The molecule has 1 saturated heterocycles. The molecule has 1 fully saturated rings. The van der Waals surface area contributed by atoms with Crippen LogP contribution in [0.25, 0.3) is 0 Å². The topological polar surface area (TPSA) is 75.7 Å². The third-order valence-corrected chi connectivity index (χ3v) is 5.16. The number of carbonyl (C=O) groups excluding carboxylic acids is 3. The number of hydrogen-bond donors (Lipinski definition) is 1. The first-order valence-electron chi connectivity index (χ1n) is 9.88. The largest absolute Gasteiger partial charge is 0.455 e. The highest BCUT2D eigenvalue weighted by atomic mass is 16.5. The van der Waals surface area contributed by atoms with Crippen LogP contribution in [0.1, 0.15) is 49.5 Å². The van der Waals surface area contributed by atoms with Gasteiger partial charge >= 0.3 is 5.97 Å². The first-order valence-corrected chi connectivity index (χ1v) is 9.88. The maximum Gasteiger partial charge on any atom is 0.303 e. The summed E-state index contributed by atoms with van der Waals surface area (Å²) in [5, 5.41) is 3.05. The minimum Gasteiger partial charge on any atom is -0.455 e. The van der Waals surface area contributed by atoms with Gasteiger partial charge in [-0.25, -0.2) is 0 Å². The fraction of sp³-hybridized carbons (Fsp3) is 0.348. The first kappa shape index (κ1) is 20.6. The minimum absolute atomic E-state index is 0.237. The molecule has 6 nitrogen and oxygen atoms in total. The van der Waals surface area contributed by atoms with E-state index in [0.717, 1.165) is 30.4 Å². The normalized spacial score (nSPS) is 18.4. The van der Waals surface area contributed by atoms with Crippen LogP contribution in [0.4, 0.5) is 0 Å². The summed E-state index contributed by atoms with van der Waals surface area (Å²) in [6.45, 7) is 1.93. The van der Waals surface area contributed by atoms with Crippen LogP contribution in [-0.4, -0.2) is 35.8 Å². The van der Waals surface area contributed by atoms with Gasteiger partial charge in [0, 0.05) is 13.5 Å². The van der Waals surface area contributed by atoms with Crippen molar-refractivity contribution in [2.75, 3.05) is 6.54 Å². The SMILES string of the molecule is CC(=O)O[C@@H](c1ccccc1)[C@@H](NC(=O)[C@@H]1CCCCN1C=O)c1ccccc1. The van der Waals surface area contributed by atoms with Gasteiger partial charge in [0.2, 0.25) is 12.3 Å². The Balaban J connectivity index is 1.94. The second kappa shape index (κ2) is 9.87. The summed E-state index contributed by atoms with van der Waals surface area (Å²) >= 11 is 0. The number of nitrogens with one attached hydrogen (secondary N) is 1. The fourth-order valence-electron chi connectivity index (χ4n) is 3.76. The molecule has 1 heterocycles. The van der Waals surface area contributed by atoms with E-state index in [2.05, 4.69) is 5.32 Å². The van der Waals surface area contributed by atoms with Gasteiger partial charge in [-0.2, -0.15) is 0 Å². The van der Waals surface area contributed by atoms with E-state index >= 15 is 0 Å². The zero-order valence-corrected chi connectivity index (χ0v) is 16.5. The van der Waals surface area contributed by atoms with E-state index in [4.69, 9.17) is 4.74 Å². The number of carbonyl (C=O) groups is 3. The van der Waals surface area contributed by atoms with E-state index in [1.165, 1.54) is 6.92 Å². The lowest BCUT2D eigenvalue weighted by Gasteiger charge is -2.34. The van der Waals surface area contributed by atoms with Gasteiger partial charge in [-0.15, -0.1) is 0 Å². The Hall–Kier alpha value is -3.15. The number of rotatable bonds is 7. The van der Waals surface area contributed by atoms with E-state index in [-0.39, 0.29) is 5.91 Å². The Morgan fingerprint density at radius 1 is 1.03 bits per heavy atom. The summed E-state index contributed by atoms with van der Waals surface area (Å²) in [6.07, 6.45) is 2.46. The van der Waals surface area contributed by atoms with Crippen molar-refractivity contribution in [1.29, 1.82) is 0 Å². The number of amides is 2. The molecule has 0 spiro atoms. The standard InChI is InChI=1S/C23H26N2O4/c1-17(27)29-22(19-12-6-3-7-13-19)21(18-10-4-2-5-11-18)24-23(28)20-14-8-9-15-25(20)16-26/h2-7,10-13,16,20-22H,8-9,14-15H2,1H3,(H,24,28)/t20-,21-,22-/m0/s1. The van der Waals surface area contributed by atoms with Crippen molar-refractivity contribution < 1.29 is 19.1 Å². The third kappa shape index (κ3) is 5.22. The van der Waals surface area contributed by atoms with Gasteiger partial charge in [0.25, 0.3) is 0 Å². The van der Waals surface area contributed by atoms with Crippen molar-refractivity contribution in [1.82, 2.24) is 10.2 Å². The van der Waals surface area contributed by atoms with E-state index in [1.807, 2.05) is 60.7 Å². The molecule has 1 aliphatic rings. The van der Waals surface area contributed by atoms with Crippen LogP contribution in [0.3, 0.4) is 0 Å². The summed E-state index contributed by atoms with van der Waals surface area (Å²) in [6, 6.07) is 17.7. The number of likely N-dealkylation sites (tertiary alicyclic amines) is 1. The molecule has 2 aromatic rings. The second-order valence-electron chi connectivity index (χ2n) is 7.19. The molecule has 2 amide bonds. The zero-order valence-electron chi connectivity index (χ0n) is 16.5. The molecular weight excluding hydrogens is 368 g/mol. The number of esters is 1. The molecule has 1 N–H and O–H groups in total. The van der Waals surface area contributed by atoms with Crippen LogP contribution in [0.2, 0.25) is 0 Å². The quantitative estimate of drug-likeness (QED) is 0.578. The van der Waals surface area contributed by atoms with Crippen LogP contribution >= 0.6 is 0 Å². The monoisotopic (exact) mass is 394 g/mol. The number of benzene rings is 2. The van der Waals surface area contributed by atoms with Crippen LogP contribution in [0, 0.1) is 0 Å². The zero-order chi connectivity index (χ0) is 20.6. The van der Waals surface area contributed by atoms with Gasteiger partial charge in [-0.05, 0) is 30.4 Å². The first-order chi connectivity index (χ1) is 14.1. The molecule has 3 rings (SSSR count). The van der Waals surface area contributed by atoms with Crippen molar-refractivity contribution in [3.8, 4) is 0 Å². The number of piperidine rings is 1. The van der Waals surface area contributed by atoms with Crippen molar-refractivity contribution in [2.45, 2.75) is 44.4 Å². The third-order valence-electron chi connectivity index (χ3n) is 5.16. The molecule has 0 bridgehead atoms. The fourth-order valence-corrected chi connectivity index (χ4v) is 3.76. The molecule has 29 heavy (non-hydrogen) atoms. The second-order valence-corrected chi connectivity index (χ2v) is 7.19. The van der Waals surface area contributed by atoms with Gasteiger partial charge in [0.05, 0.1) is 6.04 Å². The van der Waals surface area contributed by atoms with Crippen LogP contribution in [0.15, 0.2) is 60.7 Å².